The molecule has 0 saturated heterocycles. The summed E-state index contributed by atoms with van der Waals surface area (Å²) in [5.41, 5.74) is 2.44. The van der Waals surface area contributed by atoms with Gasteiger partial charge in [0.2, 0.25) is 5.91 Å². The summed E-state index contributed by atoms with van der Waals surface area (Å²) in [5, 5.41) is 2.90. The second kappa shape index (κ2) is 9.06. The molecule has 0 heterocycles. The molecule has 0 unspecified atom stereocenters. The van der Waals surface area contributed by atoms with E-state index in [0.717, 1.165) is 11.1 Å². The zero-order valence-corrected chi connectivity index (χ0v) is 16.9. The first-order valence-electron chi connectivity index (χ1n) is 8.44. The van der Waals surface area contributed by atoms with E-state index in [0.29, 0.717) is 23.7 Å². The van der Waals surface area contributed by atoms with E-state index in [1.165, 1.54) is 18.2 Å². The summed E-state index contributed by atoms with van der Waals surface area (Å²) in [6.45, 7) is 4.31. The second-order valence-corrected chi connectivity index (χ2v) is 6.75. The Bertz CT molecular complexity index is 829. The number of hydrogen-bond donors (Lipinski definition) is 1. The highest BCUT2D eigenvalue weighted by Gasteiger charge is 2.20. The molecule has 1 N–H and O–H groups in total. The van der Waals surface area contributed by atoms with Crippen molar-refractivity contribution in [3.8, 4) is 11.5 Å². The Morgan fingerprint density at radius 2 is 1.85 bits per heavy atom. The SMILES string of the molecule is COc1cc(C)c(CN(C)[C@H](C)C(=O)Nc2ccc(F)cc2Cl)cc1OC. The number of benzene rings is 2. The molecule has 0 aromatic heterocycles. The van der Waals surface area contributed by atoms with Crippen LogP contribution in [0, 0.1) is 12.7 Å². The molecule has 0 aliphatic carbocycles. The molecule has 7 heteroatoms. The van der Waals surface area contributed by atoms with Crippen LogP contribution in [-0.4, -0.2) is 38.1 Å². The number of likely N-dealkylation sites (N-methyl/N-ethyl adjacent to an activating group) is 1. The summed E-state index contributed by atoms with van der Waals surface area (Å²) < 4.78 is 23.8. The molecular weight excluding hydrogens is 371 g/mol. The van der Waals surface area contributed by atoms with Crippen molar-refractivity contribution >= 4 is 23.2 Å². The molecular formula is C20H24ClFN2O3. The van der Waals surface area contributed by atoms with Crippen LogP contribution in [0.25, 0.3) is 0 Å². The Kier molecular flexibility index (Phi) is 7.05. The number of ether oxygens (including phenoxy) is 2. The molecule has 5 nitrogen and oxygen atoms in total. The van der Waals surface area contributed by atoms with Gasteiger partial charge in [-0.3, -0.25) is 9.69 Å². The van der Waals surface area contributed by atoms with Crippen molar-refractivity contribution in [2.45, 2.75) is 26.4 Å². The molecule has 2 aromatic carbocycles. The average molecular weight is 395 g/mol. The second-order valence-electron chi connectivity index (χ2n) is 6.34. The molecule has 146 valence electrons. The van der Waals surface area contributed by atoms with E-state index >= 15 is 0 Å². The molecule has 0 fully saturated rings. The molecule has 27 heavy (non-hydrogen) atoms. The molecule has 2 aromatic rings. The number of carbonyl (C=O) groups excluding carboxylic acids is 1. The fourth-order valence-electron chi connectivity index (χ4n) is 2.63. The highest BCUT2D eigenvalue weighted by molar-refractivity contribution is 6.33. The van der Waals surface area contributed by atoms with Gasteiger partial charge < -0.3 is 14.8 Å². The van der Waals surface area contributed by atoms with E-state index in [1.54, 1.807) is 21.1 Å². The zero-order chi connectivity index (χ0) is 20.1. The van der Waals surface area contributed by atoms with Crippen LogP contribution in [0.3, 0.4) is 0 Å². The van der Waals surface area contributed by atoms with E-state index < -0.39 is 11.9 Å². The number of nitrogens with zero attached hydrogens (tertiary/aromatic N) is 1. The third kappa shape index (κ3) is 5.11. The van der Waals surface area contributed by atoms with Crippen LogP contribution in [-0.2, 0) is 11.3 Å². The molecule has 0 aliphatic rings. The smallest absolute Gasteiger partial charge is 0.241 e. The summed E-state index contributed by atoms with van der Waals surface area (Å²) in [5.74, 6) is 0.621. The van der Waals surface area contributed by atoms with E-state index in [2.05, 4.69) is 5.32 Å². The Labute approximate surface area is 164 Å². The van der Waals surface area contributed by atoms with E-state index in [4.69, 9.17) is 21.1 Å². The fourth-order valence-corrected chi connectivity index (χ4v) is 2.84. The minimum Gasteiger partial charge on any atom is -0.493 e. The number of anilines is 1. The van der Waals surface area contributed by atoms with Crippen LogP contribution < -0.4 is 14.8 Å². The average Bonchev–Trinajstić information content (AvgIpc) is 2.64. The maximum absolute atomic E-state index is 13.1. The van der Waals surface area contributed by atoms with Gasteiger partial charge in [-0.15, -0.1) is 0 Å². The standard InChI is InChI=1S/C20H24ClFN2O3/c1-12-8-18(26-4)19(27-5)9-14(12)11-24(3)13(2)20(25)23-17-7-6-15(22)10-16(17)21/h6-10,13H,11H2,1-5H3,(H,23,25)/t13-/m1/s1. The fraction of sp³-hybridized carbons (Fsp3) is 0.350. The molecule has 1 amide bonds. The first kappa shape index (κ1) is 21.0. The van der Waals surface area contributed by atoms with Gasteiger partial charge in [-0.05, 0) is 62.4 Å². The number of methoxy groups -OCH3 is 2. The molecule has 0 aliphatic heterocycles. The largest absolute Gasteiger partial charge is 0.493 e. The number of halogens is 2. The Hall–Kier alpha value is -2.31. The lowest BCUT2D eigenvalue weighted by molar-refractivity contribution is -0.120. The van der Waals surface area contributed by atoms with Gasteiger partial charge in [-0.2, -0.15) is 0 Å². The summed E-state index contributed by atoms with van der Waals surface area (Å²) in [7, 11) is 5.03. The van der Waals surface area contributed by atoms with Crippen molar-refractivity contribution in [1.82, 2.24) is 4.90 Å². The van der Waals surface area contributed by atoms with Crippen LogP contribution in [0.2, 0.25) is 5.02 Å². The van der Waals surface area contributed by atoms with Crippen LogP contribution in [0.1, 0.15) is 18.1 Å². The molecule has 0 spiro atoms. The monoisotopic (exact) mass is 394 g/mol. The summed E-state index contributed by atoms with van der Waals surface area (Å²) in [6, 6.07) is 7.25. The van der Waals surface area contributed by atoms with Crippen LogP contribution >= 0.6 is 11.6 Å². The number of hydrogen-bond acceptors (Lipinski definition) is 4. The van der Waals surface area contributed by atoms with Crippen molar-refractivity contribution in [3.63, 3.8) is 0 Å². The number of aryl methyl sites for hydroxylation is 1. The summed E-state index contributed by atoms with van der Waals surface area (Å²) >= 11 is 5.98. The molecule has 2 rings (SSSR count). The Morgan fingerprint density at radius 1 is 1.22 bits per heavy atom. The minimum atomic E-state index is -0.452. The van der Waals surface area contributed by atoms with Crippen molar-refractivity contribution < 1.29 is 18.7 Å². The van der Waals surface area contributed by atoms with Gasteiger partial charge in [0.15, 0.2) is 11.5 Å². The third-order valence-electron chi connectivity index (χ3n) is 4.49. The summed E-state index contributed by atoms with van der Waals surface area (Å²) in [4.78, 5) is 14.4. The van der Waals surface area contributed by atoms with Gasteiger partial charge in [-0.1, -0.05) is 11.6 Å². The van der Waals surface area contributed by atoms with Gasteiger partial charge in [0, 0.05) is 6.54 Å². The highest BCUT2D eigenvalue weighted by atomic mass is 35.5. The third-order valence-corrected chi connectivity index (χ3v) is 4.80. The minimum absolute atomic E-state index is 0.161. The maximum atomic E-state index is 13.1. The zero-order valence-electron chi connectivity index (χ0n) is 16.1. The van der Waals surface area contributed by atoms with E-state index in [9.17, 15) is 9.18 Å². The van der Waals surface area contributed by atoms with Gasteiger partial charge in [0.25, 0.3) is 0 Å². The lowest BCUT2D eigenvalue weighted by atomic mass is 10.1. The number of amides is 1. The van der Waals surface area contributed by atoms with Gasteiger partial charge in [0.05, 0.1) is 31.0 Å². The van der Waals surface area contributed by atoms with E-state index in [1.807, 2.05) is 31.0 Å². The molecule has 0 bridgehead atoms. The number of rotatable bonds is 7. The Morgan fingerprint density at radius 3 is 2.44 bits per heavy atom. The molecule has 0 radical (unpaired) electrons. The van der Waals surface area contributed by atoms with Gasteiger partial charge in [0.1, 0.15) is 5.82 Å². The first-order valence-corrected chi connectivity index (χ1v) is 8.82. The topological polar surface area (TPSA) is 50.8 Å². The highest BCUT2D eigenvalue weighted by Crippen LogP contribution is 2.31. The van der Waals surface area contributed by atoms with Crippen LogP contribution in [0.4, 0.5) is 10.1 Å². The van der Waals surface area contributed by atoms with Crippen LogP contribution in [0.15, 0.2) is 30.3 Å². The normalized spacial score (nSPS) is 12.0. The first-order chi connectivity index (χ1) is 12.8. The predicted molar refractivity (Wildman–Crippen MR) is 105 cm³/mol. The lowest BCUT2D eigenvalue weighted by Crippen LogP contribution is -2.39. The van der Waals surface area contributed by atoms with Gasteiger partial charge in [-0.25, -0.2) is 4.39 Å². The quantitative estimate of drug-likeness (QED) is 0.762. The van der Waals surface area contributed by atoms with Gasteiger partial charge >= 0.3 is 0 Å². The Balaban J connectivity index is 2.10. The number of carbonyl (C=O) groups is 1. The van der Waals surface area contributed by atoms with Crippen molar-refractivity contribution in [1.29, 1.82) is 0 Å². The lowest BCUT2D eigenvalue weighted by Gasteiger charge is -2.25. The van der Waals surface area contributed by atoms with Crippen LogP contribution in [0.5, 0.6) is 11.5 Å². The maximum Gasteiger partial charge on any atom is 0.241 e. The summed E-state index contributed by atoms with van der Waals surface area (Å²) in [6.07, 6.45) is 0. The van der Waals surface area contributed by atoms with Crippen molar-refractivity contribution in [2.24, 2.45) is 0 Å². The van der Waals surface area contributed by atoms with E-state index in [-0.39, 0.29) is 10.9 Å². The van der Waals surface area contributed by atoms with Crippen molar-refractivity contribution in [2.75, 3.05) is 26.6 Å². The molecule has 0 saturated carbocycles. The molecule has 1 atom stereocenters. The van der Waals surface area contributed by atoms with Crippen molar-refractivity contribution in [3.05, 3.63) is 52.3 Å². The number of nitrogens with one attached hydrogen (secondary N) is 1. The predicted octanol–water partition coefficient (Wildman–Crippen LogP) is 4.26.